The number of urea groups is 1. The lowest BCUT2D eigenvalue weighted by molar-refractivity contribution is -0.141. The largest absolute Gasteiger partial charge is 0.496 e. The van der Waals surface area contributed by atoms with Gasteiger partial charge in [-0.25, -0.2) is 9.79 Å². The fourth-order valence-electron chi connectivity index (χ4n) is 2.93. The molecule has 3 amide bonds. The molecule has 2 N–H and O–H groups in total. The van der Waals surface area contributed by atoms with Gasteiger partial charge in [0.25, 0.3) is 0 Å². The number of aliphatic imine (C=N–C) groups is 1. The molecule has 2 aromatic carbocycles. The van der Waals surface area contributed by atoms with E-state index in [0.29, 0.717) is 22.9 Å². The van der Waals surface area contributed by atoms with Crippen molar-refractivity contribution in [3.05, 3.63) is 58.6 Å². The van der Waals surface area contributed by atoms with Crippen molar-refractivity contribution >= 4 is 41.7 Å². The number of ether oxygens (including phenoxy) is 1. The number of hydrogen-bond acceptors (Lipinski definition) is 5. The minimum Gasteiger partial charge on any atom is -0.496 e. The van der Waals surface area contributed by atoms with Gasteiger partial charge in [-0.05, 0) is 48.4 Å². The number of methoxy groups -OCH3 is 1. The predicted octanol–water partition coefficient (Wildman–Crippen LogP) is 3.67. The van der Waals surface area contributed by atoms with Gasteiger partial charge in [-0.3, -0.25) is 19.8 Å². The van der Waals surface area contributed by atoms with E-state index in [4.69, 9.17) is 21.4 Å². The highest BCUT2D eigenvalue weighted by Gasteiger charge is 2.21. The Morgan fingerprint density at radius 1 is 1.24 bits per heavy atom. The van der Waals surface area contributed by atoms with Crippen LogP contribution in [0, 0.1) is 12.8 Å². The first-order chi connectivity index (χ1) is 15.6. The SMILES string of the molecule is COc1ccc(N=C(NC(=O)N(C)C[C@H](C)C(=O)O)N(C=O)Cc2ccc(Cl)cc2)cc1C. The number of hydrogen-bond donors (Lipinski definition) is 2. The molecule has 176 valence electrons. The standard InChI is InChI=1S/C23H27ClN4O5/c1-15-11-19(9-10-20(15)33-4)25-22(26-23(32)27(3)12-16(2)21(30)31)28(14-29)13-17-5-7-18(24)8-6-17/h5-11,14,16H,12-13H2,1-4H3,(H,30,31)(H,25,26,32)/t16-/m0/s1. The Kier molecular flexibility index (Phi) is 9.23. The average Bonchev–Trinajstić information content (AvgIpc) is 2.78. The monoisotopic (exact) mass is 474 g/mol. The highest BCUT2D eigenvalue weighted by atomic mass is 35.5. The second-order valence-corrected chi connectivity index (χ2v) is 7.94. The third kappa shape index (κ3) is 7.50. The molecule has 0 aliphatic heterocycles. The zero-order chi connectivity index (χ0) is 24.5. The summed E-state index contributed by atoms with van der Waals surface area (Å²) >= 11 is 5.94. The van der Waals surface area contributed by atoms with Crippen molar-refractivity contribution < 1.29 is 24.2 Å². The van der Waals surface area contributed by atoms with E-state index in [-0.39, 0.29) is 19.0 Å². The molecule has 9 nitrogen and oxygen atoms in total. The molecule has 1 atom stereocenters. The molecule has 10 heteroatoms. The maximum atomic E-state index is 12.7. The summed E-state index contributed by atoms with van der Waals surface area (Å²) < 4.78 is 5.26. The van der Waals surface area contributed by atoms with Crippen LogP contribution in [0.5, 0.6) is 5.75 Å². The number of aryl methyl sites for hydroxylation is 1. The van der Waals surface area contributed by atoms with Crippen molar-refractivity contribution in [3.8, 4) is 5.75 Å². The number of aliphatic carboxylic acids is 1. The van der Waals surface area contributed by atoms with Gasteiger partial charge in [-0.15, -0.1) is 0 Å². The highest BCUT2D eigenvalue weighted by molar-refractivity contribution is 6.30. The summed E-state index contributed by atoms with van der Waals surface area (Å²) in [5.41, 5.74) is 2.09. The van der Waals surface area contributed by atoms with Crippen LogP contribution in [-0.4, -0.2) is 60.0 Å². The predicted molar refractivity (Wildman–Crippen MR) is 126 cm³/mol. The van der Waals surface area contributed by atoms with Gasteiger partial charge in [0, 0.05) is 18.6 Å². The van der Waals surface area contributed by atoms with E-state index >= 15 is 0 Å². The zero-order valence-electron chi connectivity index (χ0n) is 18.9. The van der Waals surface area contributed by atoms with Crippen LogP contribution < -0.4 is 10.1 Å². The van der Waals surface area contributed by atoms with Gasteiger partial charge in [-0.2, -0.15) is 0 Å². The number of halogens is 1. The van der Waals surface area contributed by atoms with Crippen molar-refractivity contribution in [2.75, 3.05) is 20.7 Å². The van der Waals surface area contributed by atoms with Crippen molar-refractivity contribution in [2.45, 2.75) is 20.4 Å². The first-order valence-corrected chi connectivity index (χ1v) is 10.5. The molecule has 0 unspecified atom stereocenters. The van der Waals surface area contributed by atoms with E-state index in [9.17, 15) is 14.4 Å². The molecule has 0 aliphatic rings. The Morgan fingerprint density at radius 3 is 2.45 bits per heavy atom. The molecular formula is C23H27ClN4O5. The first kappa shape index (κ1) is 25.7. The number of benzene rings is 2. The Labute approximate surface area is 197 Å². The maximum absolute atomic E-state index is 12.7. The van der Waals surface area contributed by atoms with E-state index in [1.165, 1.54) is 23.8 Å². The second kappa shape index (κ2) is 11.9. The molecule has 0 fully saturated rings. The number of carboxylic acids is 1. The van der Waals surface area contributed by atoms with Crippen LogP contribution in [0.2, 0.25) is 5.02 Å². The molecule has 0 bridgehead atoms. The minimum atomic E-state index is -1.02. The summed E-state index contributed by atoms with van der Waals surface area (Å²) in [6, 6.07) is 11.5. The maximum Gasteiger partial charge on any atom is 0.323 e. The van der Waals surface area contributed by atoms with E-state index < -0.39 is 17.9 Å². The van der Waals surface area contributed by atoms with E-state index in [1.54, 1.807) is 49.6 Å². The Hall–Kier alpha value is -3.59. The number of nitrogens with zero attached hydrogens (tertiary/aromatic N) is 3. The lowest BCUT2D eigenvalue weighted by Gasteiger charge is -2.24. The summed E-state index contributed by atoms with van der Waals surface area (Å²) in [4.78, 5) is 42.8. The van der Waals surface area contributed by atoms with Crippen molar-refractivity contribution in [3.63, 3.8) is 0 Å². The highest BCUT2D eigenvalue weighted by Crippen LogP contribution is 2.23. The molecule has 0 aromatic heterocycles. The molecule has 0 spiro atoms. The lowest BCUT2D eigenvalue weighted by Crippen LogP contribution is -2.49. The molecule has 0 aliphatic carbocycles. The summed E-state index contributed by atoms with van der Waals surface area (Å²) in [5, 5.41) is 12.3. The topological polar surface area (TPSA) is 112 Å². The number of guanidine groups is 1. The number of rotatable bonds is 8. The third-order valence-electron chi connectivity index (χ3n) is 4.81. The summed E-state index contributed by atoms with van der Waals surface area (Å²) in [7, 11) is 3.03. The van der Waals surface area contributed by atoms with Crippen molar-refractivity contribution in [2.24, 2.45) is 10.9 Å². The number of amides is 3. The molecule has 0 heterocycles. The molecule has 0 saturated heterocycles. The first-order valence-electron chi connectivity index (χ1n) is 10.1. The van der Waals surface area contributed by atoms with Crippen molar-refractivity contribution in [1.29, 1.82) is 0 Å². The van der Waals surface area contributed by atoms with E-state index in [2.05, 4.69) is 10.3 Å². The van der Waals surface area contributed by atoms with Gasteiger partial charge in [0.15, 0.2) is 0 Å². The fraction of sp³-hybridized carbons (Fsp3) is 0.304. The van der Waals surface area contributed by atoms with E-state index in [0.717, 1.165) is 11.1 Å². The molecule has 33 heavy (non-hydrogen) atoms. The van der Waals surface area contributed by atoms with Gasteiger partial charge < -0.3 is 14.7 Å². The number of carbonyl (C=O) groups excluding carboxylic acids is 2. The van der Waals surface area contributed by atoms with Crippen LogP contribution in [-0.2, 0) is 16.1 Å². The molecule has 2 rings (SSSR count). The van der Waals surface area contributed by atoms with Crippen LogP contribution in [0.1, 0.15) is 18.1 Å². The number of carbonyl (C=O) groups is 3. The van der Waals surface area contributed by atoms with Gasteiger partial charge >= 0.3 is 12.0 Å². The van der Waals surface area contributed by atoms with Crippen LogP contribution >= 0.6 is 11.6 Å². The van der Waals surface area contributed by atoms with E-state index in [1.807, 2.05) is 6.92 Å². The van der Waals surface area contributed by atoms with Crippen LogP contribution in [0.3, 0.4) is 0 Å². The summed E-state index contributed by atoms with van der Waals surface area (Å²) in [5.74, 6) is -1.11. The molecule has 2 aromatic rings. The second-order valence-electron chi connectivity index (χ2n) is 7.50. The van der Waals surface area contributed by atoms with Gasteiger partial charge in [0.2, 0.25) is 12.4 Å². The Bertz CT molecular complexity index is 1030. The zero-order valence-corrected chi connectivity index (χ0v) is 19.7. The minimum absolute atomic E-state index is 0.00987. The van der Waals surface area contributed by atoms with Gasteiger partial charge in [0.05, 0.1) is 25.3 Å². The van der Waals surface area contributed by atoms with Crippen LogP contribution in [0.15, 0.2) is 47.5 Å². The van der Waals surface area contributed by atoms with Gasteiger partial charge in [0.1, 0.15) is 5.75 Å². The summed E-state index contributed by atoms with van der Waals surface area (Å²) in [6.07, 6.45) is 0.559. The molecule has 0 radical (unpaired) electrons. The third-order valence-corrected chi connectivity index (χ3v) is 5.07. The lowest BCUT2D eigenvalue weighted by atomic mass is 10.2. The van der Waals surface area contributed by atoms with Crippen LogP contribution in [0.4, 0.5) is 10.5 Å². The Balaban J connectivity index is 2.36. The number of carboxylic acid groups (broad SMARTS) is 1. The van der Waals surface area contributed by atoms with Crippen molar-refractivity contribution in [1.82, 2.24) is 15.1 Å². The number of nitrogens with one attached hydrogen (secondary N) is 1. The van der Waals surface area contributed by atoms with Crippen LogP contribution in [0.25, 0.3) is 0 Å². The normalized spacial score (nSPS) is 12.0. The quantitative estimate of drug-likeness (QED) is 0.344. The summed E-state index contributed by atoms with van der Waals surface area (Å²) in [6.45, 7) is 3.46. The smallest absolute Gasteiger partial charge is 0.323 e. The molecule has 0 saturated carbocycles. The average molecular weight is 475 g/mol. The molecular weight excluding hydrogens is 448 g/mol. The fourth-order valence-corrected chi connectivity index (χ4v) is 3.06. The van der Waals surface area contributed by atoms with Gasteiger partial charge in [-0.1, -0.05) is 30.7 Å². The Morgan fingerprint density at radius 2 is 1.91 bits per heavy atom.